The SMILES string of the molecule is Cc1cc(F)cc(C)c1S(=O)(=O)N1CCCCCC1C. The maximum Gasteiger partial charge on any atom is 0.243 e. The Morgan fingerprint density at radius 2 is 1.75 bits per heavy atom. The average molecular weight is 299 g/mol. The molecule has 0 bridgehead atoms. The summed E-state index contributed by atoms with van der Waals surface area (Å²) in [4.78, 5) is 0.271. The van der Waals surface area contributed by atoms with Crippen LogP contribution in [0.25, 0.3) is 0 Å². The topological polar surface area (TPSA) is 37.4 Å². The normalized spacial score (nSPS) is 21.7. The standard InChI is InChI=1S/C15H22FNO2S/c1-11-9-14(16)10-12(2)15(11)20(18,19)17-8-6-4-5-7-13(17)3/h9-10,13H,4-8H2,1-3H3. The van der Waals surface area contributed by atoms with Crippen molar-refractivity contribution in [3.05, 3.63) is 29.1 Å². The van der Waals surface area contributed by atoms with E-state index in [1.54, 1.807) is 18.2 Å². The molecule has 3 nitrogen and oxygen atoms in total. The number of benzene rings is 1. The van der Waals surface area contributed by atoms with Crippen molar-refractivity contribution in [3.63, 3.8) is 0 Å². The van der Waals surface area contributed by atoms with Gasteiger partial charge in [-0.05, 0) is 56.9 Å². The summed E-state index contributed by atoms with van der Waals surface area (Å²) in [5.41, 5.74) is 0.970. The fourth-order valence-electron chi connectivity index (χ4n) is 3.03. The minimum absolute atomic E-state index is 0.00588. The van der Waals surface area contributed by atoms with Crippen LogP contribution in [0.15, 0.2) is 17.0 Å². The molecule has 1 aliphatic heterocycles. The van der Waals surface area contributed by atoms with E-state index in [2.05, 4.69) is 0 Å². The second-order valence-corrected chi connectivity index (χ2v) is 7.51. The number of aryl methyl sites for hydroxylation is 2. The van der Waals surface area contributed by atoms with Crippen LogP contribution in [0.4, 0.5) is 4.39 Å². The van der Waals surface area contributed by atoms with Crippen LogP contribution in [-0.4, -0.2) is 25.3 Å². The number of rotatable bonds is 2. The molecule has 112 valence electrons. The Bertz CT molecular complexity index is 575. The largest absolute Gasteiger partial charge is 0.243 e. The molecular formula is C15H22FNO2S. The first kappa shape index (κ1) is 15.4. The highest BCUT2D eigenvalue weighted by Gasteiger charge is 2.32. The van der Waals surface area contributed by atoms with E-state index in [-0.39, 0.29) is 16.8 Å². The summed E-state index contributed by atoms with van der Waals surface area (Å²) in [5, 5.41) is 0. The van der Waals surface area contributed by atoms with Gasteiger partial charge in [0.2, 0.25) is 10.0 Å². The number of hydrogen-bond acceptors (Lipinski definition) is 2. The molecule has 2 rings (SSSR count). The zero-order valence-electron chi connectivity index (χ0n) is 12.3. The lowest BCUT2D eigenvalue weighted by Crippen LogP contribution is -2.38. The van der Waals surface area contributed by atoms with Crippen LogP contribution in [0.2, 0.25) is 0 Å². The third-order valence-electron chi connectivity index (χ3n) is 3.98. The van der Waals surface area contributed by atoms with E-state index in [0.717, 1.165) is 25.7 Å². The molecule has 1 aliphatic rings. The van der Waals surface area contributed by atoms with Gasteiger partial charge in [0.15, 0.2) is 0 Å². The Morgan fingerprint density at radius 1 is 1.15 bits per heavy atom. The Labute approximate surface area is 120 Å². The summed E-state index contributed by atoms with van der Waals surface area (Å²) in [7, 11) is -3.55. The summed E-state index contributed by atoms with van der Waals surface area (Å²) >= 11 is 0. The fourth-order valence-corrected chi connectivity index (χ4v) is 5.14. The van der Waals surface area contributed by atoms with E-state index in [9.17, 15) is 12.8 Å². The molecule has 0 saturated carbocycles. The van der Waals surface area contributed by atoms with Gasteiger partial charge in [0.25, 0.3) is 0 Å². The van der Waals surface area contributed by atoms with Crippen molar-refractivity contribution in [1.29, 1.82) is 0 Å². The Hall–Kier alpha value is -0.940. The van der Waals surface area contributed by atoms with Crippen molar-refractivity contribution in [1.82, 2.24) is 4.31 Å². The molecule has 0 N–H and O–H groups in total. The maximum atomic E-state index is 13.4. The van der Waals surface area contributed by atoms with Crippen molar-refractivity contribution in [3.8, 4) is 0 Å². The van der Waals surface area contributed by atoms with Gasteiger partial charge in [-0.2, -0.15) is 4.31 Å². The Kier molecular flexibility index (Phi) is 4.49. The van der Waals surface area contributed by atoms with Crippen LogP contribution in [0.5, 0.6) is 0 Å². The first-order chi connectivity index (χ1) is 9.34. The second-order valence-electron chi connectivity index (χ2n) is 5.68. The number of sulfonamides is 1. The molecule has 1 aromatic rings. The van der Waals surface area contributed by atoms with E-state index >= 15 is 0 Å². The number of hydrogen-bond donors (Lipinski definition) is 0. The van der Waals surface area contributed by atoms with E-state index < -0.39 is 10.0 Å². The van der Waals surface area contributed by atoms with Gasteiger partial charge in [0, 0.05) is 12.6 Å². The van der Waals surface area contributed by atoms with Gasteiger partial charge in [0.05, 0.1) is 4.90 Å². The van der Waals surface area contributed by atoms with Crippen molar-refractivity contribution >= 4 is 10.0 Å². The van der Waals surface area contributed by atoms with Gasteiger partial charge in [0.1, 0.15) is 5.82 Å². The molecular weight excluding hydrogens is 277 g/mol. The summed E-state index contributed by atoms with van der Waals surface area (Å²) in [6, 6.07) is 2.59. The molecule has 1 heterocycles. The van der Waals surface area contributed by atoms with E-state index in [0.29, 0.717) is 17.7 Å². The number of halogens is 1. The van der Waals surface area contributed by atoms with Crippen molar-refractivity contribution in [2.75, 3.05) is 6.54 Å². The molecule has 0 amide bonds. The zero-order valence-corrected chi connectivity index (χ0v) is 13.1. The van der Waals surface area contributed by atoms with Gasteiger partial charge in [-0.3, -0.25) is 0 Å². The van der Waals surface area contributed by atoms with Crippen LogP contribution in [0, 0.1) is 19.7 Å². The van der Waals surface area contributed by atoms with Gasteiger partial charge >= 0.3 is 0 Å². The summed E-state index contributed by atoms with van der Waals surface area (Å²) in [6.07, 6.45) is 3.91. The average Bonchev–Trinajstić information content (AvgIpc) is 2.52. The third-order valence-corrected chi connectivity index (χ3v) is 6.30. The molecule has 0 radical (unpaired) electrons. The highest BCUT2D eigenvalue weighted by atomic mass is 32.2. The highest BCUT2D eigenvalue weighted by Crippen LogP contribution is 2.29. The molecule has 1 atom stereocenters. The lowest BCUT2D eigenvalue weighted by Gasteiger charge is -2.27. The van der Waals surface area contributed by atoms with Crippen LogP contribution >= 0.6 is 0 Å². The molecule has 20 heavy (non-hydrogen) atoms. The van der Waals surface area contributed by atoms with Gasteiger partial charge in [-0.1, -0.05) is 12.8 Å². The second kappa shape index (κ2) is 5.82. The number of nitrogens with zero attached hydrogens (tertiary/aromatic N) is 1. The maximum absolute atomic E-state index is 13.4. The molecule has 1 unspecified atom stereocenters. The predicted molar refractivity (Wildman–Crippen MR) is 77.7 cm³/mol. The molecule has 5 heteroatoms. The van der Waals surface area contributed by atoms with E-state index in [1.807, 2.05) is 6.92 Å². The minimum Gasteiger partial charge on any atom is -0.207 e. The van der Waals surface area contributed by atoms with E-state index in [4.69, 9.17) is 0 Å². The van der Waals surface area contributed by atoms with Gasteiger partial charge < -0.3 is 0 Å². The van der Waals surface area contributed by atoms with Crippen LogP contribution < -0.4 is 0 Å². The van der Waals surface area contributed by atoms with Crippen molar-refractivity contribution in [2.45, 2.75) is 57.4 Å². The molecule has 0 spiro atoms. The summed E-state index contributed by atoms with van der Waals surface area (Å²) in [6.45, 7) is 5.83. The van der Waals surface area contributed by atoms with Crippen LogP contribution in [0.1, 0.15) is 43.7 Å². The monoisotopic (exact) mass is 299 g/mol. The lowest BCUT2D eigenvalue weighted by atomic mass is 10.1. The third kappa shape index (κ3) is 2.88. The summed E-state index contributed by atoms with van der Waals surface area (Å²) < 4.78 is 40.8. The van der Waals surface area contributed by atoms with E-state index in [1.165, 1.54) is 12.1 Å². The van der Waals surface area contributed by atoms with Gasteiger partial charge in [-0.15, -0.1) is 0 Å². The predicted octanol–water partition coefficient (Wildman–Crippen LogP) is 3.40. The molecule has 1 fully saturated rings. The quantitative estimate of drug-likeness (QED) is 0.839. The van der Waals surface area contributed by atoms with Crippen molar-refractivity contribution in [2.24, 2.45) is 0 Å². The smallest absolute Gasteiger partial charge is 0.207 e. The lowest BCUT2D eigenvalue weighted by molar-refractivity contribution is 0.341. The fraction of sp³-hybridized carbons (Fsp3) is 0.600. The minimum atomic E-state index is -3.55. The van der Waals surface area contributed by atoms with Crippen LogP contribution in [0.3, 0.4) is 0 Å². The van der Waals surface area contributed by atoms with Crippen molar-refractivity contribution < 1.29 is 12.8 Å². The highest BCUT2D eigenvalue weighted by molar-refractivity contribution is 7.89. The zero-order chi connectivity index (χ0) is 14.9. The van der Waals surface area contributed by atoms with Gasteiger partial charge in [-0.25, -0.2) is 12.8 Å². The first-order valence-corrected chi connectivity index (χ1v) is 8.56. The Morgan fingerprint density at radius 3 is 2.35 bits per heavy atom. The summed E-state index contributed by atoms with van der Waals surface area (Å²) in [5.74, 6) is -0.386. The molecule has 1 saturated heterocycles. The van der Waals surface area contributed by atoms with Crippen LogP contribution in [-0.2, 0) is 10.0 Å². The Balaban J connectivity index is 2.49. The molecule has 0 aliphatic carbocycles. The molecule has 1 aromatic carbocycles. The molecule has 0 aromatic heterocycles. The first-order valence-electron chi connectivity index (χ1n) is 7.12.